The molecule has 6 heteroatoms. The molecule has 1 saturated heterocycles. The smallest absolute Gasteiger partial charge is 0.196 e. The first kappa shape index (κ1) is 14.2. The number of ether oxygens (including phenoxy) is 1. The average molecular weight is 378 g/mol. The van der Waals surface area contributed by atoms with Gasteiger partial charge in [-0.05, 0) is 43.2 Å². The van der Waals surface area contributed by atoms with E-state index in [9.17, 15) is 15.0 Å². The molecular formula is C17H16BrNO4. The number of hydrogen-bond donors (Lipinski definition) is 3. The van der Waals surface area contributed by atoms with Gasteiger partial charge in [-0.2, -0.15) is 0 Å². The molecule has 4 atom stereocenters. The van der Waals surface area contributed by atoms with E-state index in [0.717, 1.165) is 22.1 Å². The van der Waals surface area contributed by atoms with Crippen LogP contribution in [0.25, 0.3) is 0 Å². The van der Waals surface area contributed by atoms with Crippen LogP contribution in [-0.4, -0.2) is 40.3 Å². The Balaban J connectivity index is 1.92. The van der Waals surface area contributed by atoms with Crippen molar-refractivity contribution in [3.8, 4) is 5.75 Å². The summed E-state index contributed by atoms with van der Waals surface area (Å²) in [6.07, 6.45) is 3.68. The molecule has 2 bridgehead atoms. The van der Waals surface area contributed by atoms with Crippen LogP contribution in [0, 0.1) is 0 Å². The van der Waals surface area contributed by atoms with Gasteiger partial charge in [-0.25, -0.2) is 0 Å². The van der Waals surface area contributed by atoms with Gasteiger partial charge >= 0.3 is 0 Å². The predicted molar refractivity (Wildman–Crippen MR) is 85.4 cm³/mol. The highest BCUT2D eigenvalue weighted by atomic mass is 79.9. The first-order chi connectivity index (χ1) is 11.0. The van der Waals surface area contributed by atoms with Gasteiger partial charge in [0.05, 0.1) is 12.0 Å². The van der Waals surface area contributed by atoms with Gasteiger partial charge in [0.1, 0.15) is 11.4 Å². The highest BCUT2D eigenvalue weighted by molar-refractivity contribution is 9.10. The summed E-state index contributed by atoms with van der Waals surface area (Å²) in [5.74, 6) is 0.478. The molecule has 2 aliphatic carbocycles. The number of rotatable bonds is 1. The van der Waals surface area contributed by atoms with Crippen molar-refractivity contribution in [2.24, 2.45) is 0 Å². The summed E-state index contributed by atoms with van der Waals surface area (Å²) in [4.78, 5) is 12.5. The van der Waals surface area contributed by atoms with Crippen molar-refractivity contribution in [2.75, 3.05) is 6.54 Å². The van der Waals surface area contributed by atoms with Crippen LogP contribution in [0.1, 0.15) is 23.1 Å². The molecule has 1 aromatic carbocycles. The zero-order valence-electron chi connectivity index (χ0n) is 12.3. The van der Waals surface area contributed by atoms with E-state index >= 15 is 0 Å². The second kappa shape index (κ2) is 4.25. The van der Waals surface area contributed by atoms with Crippen LogP contribution in [0.5, 0.6) is 5.75 Å². The van der Waals surface area contributed by atoms with E-state index in [1.54, 1.807) is 6.08 Å². The van der Waals surface area contributed by atoms with Crippen molar-refractivity contribution >= 4 is 21.7 Å². The summed E-state index contributed by atoms with van der Waals surface area (Å²) < 4.78 is 6.97. The van der Waals surface area contributed by atoms with Crippen molar-refractivity contribution in [1.29, 1.82) is 0 Å². The fourth-order valence-corrected chi connectivity index (χ4v) is 5.70. The van der Waals surface area contributed by atoms with Gasteiger partial charge in [-0.15, -0.1) is 0 Å². The van der Waals surface area contributed by atoms with Gasteiger partial charge in [0.2, 0.25) is 0 Å². The number of hydrogen-bond acceptors (Lipinski definition) is 5. The highest BCUT2D eigenvalue weighted by Gasteiger charge is 2.70. The zero-order chi connectivity index (χ0) is 16.0. The Kier molecular flexibility index (Phi) is 2.61. The summed E-state index contributed by atoms with van der Waals surface area (Å²) in [7, 11) is 0. The third-order valence-corrected chi connectivity index (χ3v) is 6.74. The number of carbonyl (C=O) groups excluding carboxylic acids is 1. The number of halogens is 1. The van der Waals surface area contributed by atoms with Gasteiger partial charge in [0, 0.05) is 21.6 Å². The maximum Gasteiger partial charge on any atom is 0.196 e. The quantitative estimate of drug-likeness (QED) is 0.672. The van der Waals surface area contributed by atoms with Crippen molar-refractivity contribution in [2.45, 2.75) is 42.6 Å². The Morgan fingerprint density at radius 3 is 3.09 bits per heavy atom. The van der Waals surface area contributed by atoms with E-state index in [1.807, 2.05) is 6.07 Å². The molecule has 1 fully saturated rings. The molecule has 23 heavy (non-hydrogen) atoms. The van der Waals surface area contributed by atoms with Crippen LogP contribution < -0.4 is 10.1 Å². The lowest BCUT2D eigenvalue weighted by molar-refractivity contribution is -0.139. The fourth-order valence-electron chi connectivity index (χ4n) is 5.07. The molecular weight excluding hydrogens is 362 g/mol. The van der Waals surface area contributed by atoms with Crippen LogP contribution >= 0.6 is 15.9 Å². The number of piperidine rings is 1. The van der Waals surface area contributed by atoms with Crippen molar-refractivity contribution in [3.63, 3.8) is 0 Å². The van der Waals surface area contributed by atoms with E-state index in [0.29, 0.717) is 24.2 Å². The summed E-state index contributed by atoms with van der Waals surface area (Å²) >= 11 is 3.60. The third kappa shape index (κ3) is 1.39. The summed E-state index contributed by atoms with van der Waals surface area (Å²) in [5.41, 5.74) is 0.746. The molecule has 4 aliphatic rings. The average Bonchev–Trinajstić information content (AvgIpc) is 2.86. The van der Waals surface area contributed by atoms with E-state index in [-0.39, 0.29) is 18.4 Å². The first-order valence-corrected chi connectivity index (χ1v) is 8.63. The molecule has 4 unspecified atom stereocenters. The lowest BCUT2D eigenvalue weighted by atomic mass is 9.51. The molecule has 0 saturated carbocycles. The van der Waals surface area contributed by atoms with Gasteiger partial charge in [0.15, 0.2) is 11.9 Å². The topological polar surface area (TPSA) is 78.8 Å². The van der Waals surface area contributed by atoms with E-state index < -0.39 is 17.1 Å². The minimum atomic E-state index is -1.14. The Hall–Kier alpha value is -1.21. The first-order valence-electron chi connectivity index (χ1n) is 7.84. The van der Waals surface area contributed by atoms with Crippen molar-refractivity contribution < 1.29 is 19.7 Å². The number of benzene rings is 1. The number of aliphatic hydroxyl groups excluding tert-OH is 1. The molecule has 1 spiro atoms. The normalized spacial score (nSPS) is 39.2. The van der Waals surface area contributed by atoms with Crippen molar-refractivity contribution in [1.82, 2.24) is 5.32 Å². The lowest BCUT2D eigenvalue weighted by Gasteiger charge is -2.57. The molecule has 3 N–H and O–H groups in total. The molecule has 120 valence electrons. The molecule has 2 heterocycles. The van der Waals surface area contributed by atoms with E-state index in [4.69, 9.17) is 4.74 Å². The molecule has 0 amide bonds. The minimum absolute atomic E-state index is 0.112. The molecule has 5 nitrogen and oxygen atoms in total. The van der Waals surface area contributed by atoms with Crippen molar-refractivity contribution in [3.05, 3.63) is 39.4 Å². The summed E-state index contributed by atoms with van der Waals surface area (Å²) in [5, 5.41) is 24.6. The SMILES string of the molecule is O=C1C=CC2(O)C3Cc4c(Br)cc(CO)c5c4C2(CCN3)C1O5. The second-order valence-corrected chi connectivity index (χ2v) is 7.70. The maximum atomic E-state index is 12.5. The van der Waals surface area contributed by atoms with Gasteiger partial charge in [0.25, 0.3) is 0 Å². The highest BCUT2D eigenvalue weighted by Crippen LogP contribution is 2.62. The lowest BCUT2D eigenvalue weighted by Crippen LogP contribution is -2.74. The summed E-state index contributed by atoms with van der Waals surface area (Å²) in [6, 6.07) is 1.71. The Morgan fingerprint density at radius 1 is 1.48 bits per heavy atom. The monoisotopic (exact) mass is 377 g/mol. The number of ketones is 1. The Bertz CT molecular complexity index is 791. The second-order valence-electron chi connectivity index (χ2n) is 6.85. The van der Waals surface area contributed by atoms with Gasteiger partial charge in [-0.1, -0.05) is 15.9 Å². The van der Waals surface area contributed by atoms with Crippen LogP contribution in [0.15, 0.2) is 22.7 Å². The third-order valence-electron chi connectivity index (χ3n) is 6.03. The predicted octanol–water partition coefficient (Wildman–Crippen LogP) is 0.728. The number of aliphatic hydroxyl groups is 2. The van der Waals surface area contributed by atoms with E-state index in [1.165, 1.54) is 6.08 Å². The number of nitrogens with one attached hydrogen (secondary N) is 1. The Labute approximate surface area is 141 Å². The number of carbonyl (C=O) groups is 1. The maximum absolute atomic E-state index is 12.5. The van der Waals surface area contributed by atoms with E-state index in [2.05, 4.69) is 21.2 Å². The van der Waals surface area contributed by atoms with Crippen LogP contribution in [-0.2, 0) is 23.2 Å². The van der Waals surface area contributed by atoms with Crippen LogP contribution in [0.2, 0.25) is 0 Å². The fraction of sp³-hybridized carbons (Fsp3) is 0.471. The molecule has 1 aromatic rings. The molecule has 0 radical (unpaired) electrons. The van der Waals surface area contributed by atoms with Crippen LogP contribution in [0.3, 0.4) is 0 Å². The molecule has 2 aliphatic heterocycles. The van der Waals surface area contributed by atoms with Gasteiger partial charge < -0.3 is 20.3 Å². The molecule has 5 rings (SSSR count). The zero-order valence-corrected chi connectivity index (χ0v) is 13.9. The molecule has 0 aromatic heterocycles. The van der Waals surface area contributed by atoms with Crippen LogP contribution in [0.4, 0.5) is 0 Å². The Morgan fingerprint density at radius 2 is 2.30 bits per heavy atom. The largest absolute Gasteiger partial charge is 0.481 e. The minimum Gasteiger partial charge on any atom is -0.481 e. The standard InChI is InChI=1S/C17H16BrNO4/c18-10-5-8(7-20)14-13-9(10)6-12-17(22)2-1-11(21)15(23-14)16(13,17)3-4-19-12/h1-2,5,12,15,19-20,22H,3-4,6-7H2. The summed E-state index contributed by atoms with van der Waals surface area (Å²) in [6.45, 7) is 0.569. The van der Waals surface area contributed by atoms with Gasteiger partial charge in [-0.3, -0.25) is 4.79 Å².